The Bertz CT molecular complexity index is 324. The first-order chi connectivity index (χ1) is 6.84. The molecule has 3 nitrogen and oxygen atoms in total. The number of rotatable bonds is 5. The lowest BCUT2D eigenvalue weighted by atomic mass is 10.6. The third kappa shape index (κ3) is 3.86. The Morgan fingerprint density at radius 2 is 2.29 bits per heavy atom. The van der Waals surface area contributed by atoms with Crippen LogP contribution in [0.2, 0.25) is 5.15 Å². The van der Waals surface area contributed by atoms with Crippen molar-refractivity contribution in [1.82, 2.24) is 9.97 Å². The summed E-state index contributed by atoms with van der Waals surface area (Å²) in [5.41, 5.74) is 0. The van der Waals surface area contributed by atoms with E-state index in [1.807, 2.05) is 0 Å². The Balaban J connectivity index is 2.25. The molecule has 0 saturated carbocycles. The molecule has 0 atom stereocenters. The molecule has 0 aliphatic carbocycles. The molecule has 0 aliphatic rings. The smallest absolute Gasteiger partial charge is 0.171 e. The van der Waals surface area contributed by atoms with E-state index in [2.05, 4.69) is 21.2 Å². The van der Waals surface area contributed by atoms with Crippen molar-refractivity contribution in [2.45, 2.75) is 0 Å². The summed E-state index contributed by atoms with van der Waals surface area (Å²) in [6, 6.07) is 0. The summed E-state index contributed by atoms with van der Waals surface area (Å²) in [7, 11) is 0. The lowest BCUT2D eigenvalue weighted by molar-refractivity contribution is 1.13. The maximum Gasteiger partial charge on any atom is 0.171 e. The summed E-state index contributed by atoms with van der Waals surface area (Å²) in [4.78, 5) is 7.94. The van der Waals surface area contributed by atoms with Gasteiger partial charge in [0.2, 0.25) is 0 Å². The zero-order valence-electron chi connectivity index (χ0n) is 7.53. The second kappa shape index (κ2) is 6.52. The van der Waals surface area contributed by atoms with Gasteiger partial charge in [-0.1, -0.05) is 17.5 Å². The standard InChI is InChI=1S/C9H10ClN3S/c1-2-6-14-7-5-13-9-8(10)11-3-4-12-9/h1,3-4H,5-7H2,(H,12,13). The Morgan fingerprint density at radius 1 is 1.50 bits per heavy atom. The van der Waals surface area contributed by atoms with Gasteiger partial charge in [0.25, 0.3) is 0 Å². The summed E-state index contributed by atoms with van der Waals surface area (Å²) < 4.78 is 0. The summed E-state index contributed by atoms with van der Waals surface area (Å²) in [5.74, 6) is 4.84. The number of terminal acetylenes is 1. The van der Waals surface area contributed by atoms with Crippen molar-refractivity contribution < 1.29 is 0 Å². The molecule has 14 heavy (non-hydrogen) atoms. The second-order valence-electron chi connectivity index (χ2n) is 2.38. The average molecular weight is 228 g/mol. The highest BCUT2D eigenvalue weighted by Gasteiger charge is 1.99. The van der Waals surface area contributed by atoms with Gasteiger partial charge >= 0.3 is 0 Å². The summed E-state index contributed by atoms with van der Waals surface area (Å²) in [6.45, 7) is 0.782. The Labute approximate surface area is 92.7 Å². The van der Waals surface area contributed by atoms with E-state index in [4.69, 9.17) is 18.0 Å². The third-order valence-electron chi connectivity index (χ3n) is 1.38. The van der Waals surface area contributed by atoms with E-state index < -0.39 is 0 Å². The van der Waals surface area contributed by atoms with Crippen LogP contribution in [0.3, 0.4) is 0 Å². The van der Waals surface area contributed by atoms with Gasteiger partial charge in [-0.3, -0.25) is 0 Å². The zero-order chi connectivity index (χ0) is 10.2. The van der Waals surface area contributed by atoms with Crippen LogP contribution in [0.15, 0.2) is 12.4 Å². The molecular formula is C9H10ClN3S. The Hall–Kier alpha value is -0.920. The van der Waals surface area contributed by atoms with Crippen molar-refractivity contribution in [2.75, 3.05) is 23.4 Å². The molecule has 0 radical (unpaired) electrons. The highest BCUT2D eigenvalue weighted by molar-refractivity contribution is 7.99. The first-order valence-electron chi connectivity index (χ1n) is 4.06. The second-order valence-corrected chi connectivity index (χ2v) is 3.84. The first-order valence-corrected chi connectivity index (χ1v) is 5.59. The maximum atomic E-state index is 5.79. The minimum atomic E-state index is 0.398. The van der Waals surface area contributed by atoms with Crippen molar-refractivity contribution in [1.29, 1.82) is 0 Å². The molecular weight excluding hydrogens is 218 g/mol. The van der Waals surface area contributed by atoms with Crippen molar-refractivity contribution in [2.24, 2.45) is 0 Å². The number of anilines is 1. The van der Waals surface area contributed by atoms with Crippen molar-refractivity contribution in [3.8, 4) is 12.3 Å². The number of hydrogen-bond acceptors (Lipinski definition) is 4. The van der Waals surface area contributed by atoms with Crippen LogP contribution in [0, 0.1) is 12.3 Å². The molecule has 1 rings (SSSR count). The van der Waals surface area contributed by atoms with Crippen LogP contribution >= 0.6 is 23.4 Å². The van der Waals surface area contributed by atoms with E-state index in [0.29, 0.717) is 11.0 Å². The van der Waals surface area contributed by atoms with E-state index in [0.717, 1.165) is 18.1 Å². The fourth-order valence-corrected chi connectivity index (χ4v) is 1.49. The predicted molar refractivity (Wildman–Crippen MR) is 61.7 cm³/mol. The van der Waals surface area contributed by atoms with Crippen LogP contribution < -0.4 is 5.32 Å². The van der Waals surface area contributed by atoms with Crippen LogP contribution in [0.25, 0.3) is 0 Å². The summed E-state index contributed by atoms with van der Waals surface area (Å²) in [5, 5.41) is 3.47. The lowest BCUT2D eigenvalue weighted by Crippen LogP contribution is -2.06. The number of hydrogen-bond donors (Lipinski definition) is 1. The Kier molecular flexibility index (Phi) is 5.20. The molecule has 1 aromatic rings. The van der Waals surface area contributed by atoms with E-state index in [-0.39, 0.29) is 0 Å². The van der Waals surface area contributed by atoms with E-state index in [9.17, 15) is 0 Å². The molecule has 0 fully saturated rings. The van der Waals surface area contributed by atoms with Crippen molar-refractivity contribution in [3.05, 3.63) is 17.5 Å². The fraction of sp³-hybridized carbons (Fsp3) is 0.333. The minimum absolute atomic E-state index is 0.398. The van der Waals surface area contributed by atoms with E-state index in [1.54, 1.807) is 24.2 Å². The maximum absolute atomic E-state index is 5.79. The normalized spacial score (nSPS) is 9.43. The number of nitrogens with one attached hydrogen (secondary N) is 1. The van der Waals surface area contributed by atoms with Gasteiger partial charge in [0, 0.05) is 24.7 Å². The molecule has 0 unspecified atom stereocenters. The molecule has 0 aliphatic heterocycles. The van der Waals surface area contributed by atoms with Gasteiger partial charge in [0.05, 0.1) is 5.75 Å². The zero-order valence-corrected chi connectivity index (χ0v) is 9.11. The van der Waals surface area contributed by atoms with Gasteiger partial charge < -0.3 is 5.32 Å². The third-order valence-corrected chi connectivity index (χ3v) is 2.52. The first kappa shape index (κ1) is 11.2. The quantitative estimate of drug-likeness (QED) is 0.616. The van der Waals surface area contributed by atoms with Crippen LogP contribution in [0.5, 0.6) is 0 Å². The van der Waals surface area contributed by atoms with E-state index >= 15 is 0 Å². The van der Waals surface area contributed by atoms with Crippen LogP contribution in [-0.2, 0) is 0 Å². The van der Waals surface area contributed by atoms with Gasteiger partial charge in [-0.05, 0) is 0 Å². The number of thioether (sulfide) groups is 1. The summed E-state index contributed by atoms with van der Waals surface area (Å²) >= 11 is 7.48. The number of aromatic nitrogens is 2. The molecule has 0 aromatic carbocycles. The molecule has 1 aromatic heterocycles. The molecule has 0 spiro atoms. The molecule has 1 heterocycles. The molecule has 5 heteroatoms. The topological polar surface area (TPSA) is 37.8 Å². The highest BCUT2D eigenvalue weighted by atomic mass is 35.5. The molecule has 0 bridgehead atoms. The van der Waals surface area contributed by atoms with Crippen LogP contribution in [-0.4, -0.2) is 28.0 Å². The fourth-order valence-electron chi connectivity index (χ4n) is 0.812. The highest BCUT2D eigenvalue weighted by Crippen LogP contribution is 2.13. The average Bonchev–Trinajstić information content (AvgIpc) is 2.20. The van der Waals surface area contributed by atoms with Gasteiger partial charge in [-0.25, -0.2) is 9.97 Å². The molecule has 1 N–H and O–H groups in total. The minimum Gasteiger partial charge on any atom is -0.367 e. The van der Waals surface area contributed by atoms with Gasteiger partial charge in [0.1, 0.15) is 0 Å². The summed E-state index contributed by atoms with van der Waals surface area (Å²) in [6.07, 6.45) is 8.27. The van der Waals surface area contributed by atoms with Gasteiger partial charge in [0.15, 0.2) is 11.0 Å². The predicted octanol–water partition coefficient (Wildman–Crippen LogP) is 1.91. The SMILES string of the molecule is C#CCSCCNc1nccnc1Cl. The lowest BCUT2D eigenvalue weighted by Gasteiger charge is -2.04. The molecule has 74 valence electrons. The van der Waals surface area contributed by atoms with Gasteiger partial charge in [-0.15, -0.1) is 18.2 Å². The Morgan fingerprint density at radius 3 is 3.00 bits per heavy atom. The van der Waals surface area contributed by atoms with Crippen LogP contribution in [0.4, 0.5) is 5.82 Å². The van der Waals surface area contributed by atoms with Crippen LogP contribution in [0.1, 0.15) is 0 Å². The monoisotopic (exact) mass is 227 g/mol. The van der Waals surface area contributed by atoms with Crippen molar-refractivity contribution in [3.63, 3.8) is 0 Å². The molecule has 0 saturated heterocycles. The van der Waals surface area contributed by atoms with E-state index in [1.165, 1.54) is 0 Å². The number of nitrogens with zero attached hydrogens (tertiary/aromatic N) is 2. The molecule has 0 amide bonds. The number of halogens is 1. The van der Waals surface area contributed by atoms with Gasteiger partial charge in [-0.2, -0.15) is 0 Å². The largest absolute Gasteiger partial charge is 0.367 e. The van der Waals surface area contributed by atoms with Crippen molar-refractivity contribution >= 4 is 29.2 Å².